The van der Waals surface area contributed by atoms with Crippen molar-refractivity contribution >= 4 is 27.6 Å². The number of aliphatic hydroxyl groups is 1. The summed E-state index contributed by atoms with van der Waals surface area (Å²) in [6.07, 6.45) is -1.54. The van der Waals surface area contributed by atoms with Gasteiger partial charge in [-0.1, -0.05) is 66.2 Å². The van der Waals surface area contributed by atoms with Gasteiger partial charge in [-0.25, -0.2) is 8.42 Å². The summed E-state index contributed by atoms with van der Waals surface area (Å²) in [6.45, 7) is 0. The molecule has 0 aromatic heterocycles. The summed E-state index contributed by atoms with van der Waals surface area (Å²) in [5.41, 5.74) is 1.93. The largest absolute Gasteiger partial charge is 0.480 e. The van der Waals surface area contributed by atoms with Gasteiger partial charge in [0.15, 0.2) is 0 Å². The van der Waals surface area contributed by atoms with E-state index in [1.165, 1.54) is 24.3 Å². The Kier molecular flexibility index (Phi) is 6.34. The van der Waals surface area contributed by atoms with Crippen LogP contribution in [0.5, 0.6) is 0 Å². The summed E-state index contributed by atoms with van der Waals surface area (Å²) in [6, 6.07) is 19.3. The van der Waals surface area contributed by atoms with Crippen LogP contribution in [-0.4, -0.2) is 30.6 Å². The summed E-state index contributed by atoms with van der Waals surface area (Å²) < 4.78 is 27.4. The van der Waals surface area contributed by atoms with Crippen LogP contribution in [0.2, 0.25) is 5.02 Å². The van der Waals surface area contributed by atoms with Gasteiger partial charge in [-0.2, -0.15) is 4.72 Å². The van der Waals surface area contributed by atoms with E-state index in [-0.39, 0.29) is 4.90 Å². The smallest absolute Gasteiger partial charge is 0.324 e. The topological polar surface area (TPSA) is 104 Å². The van der Waals surface area contributed by atoms with Crippen LogP contribution in [0.25, 0.3) is 11.1 Å². The molecule has 0 fully saturated rings. The minimum absolute atomic E-state index is 0.110. The van der Waals surface area contributed by atoms with E-state index in [0.717, 1.165) is 11.1 Å². The average molecular weight is 432 g/mol. The lowest BCUT2D eigenvalue weighted by Crippen LogP contribution is -2.44. The summed E-state index contributed by atoms with van der Waals surface area (Å²) >= 11 is 5.87. The fourth-order valence-electron chi connectivity index (χ4n) is 2.80. The third-order valence-corrected chi connectivity index (χ3v) is 6.06. The van der Waals surface area contributed by atoms with Crippen LogP contribution in [0, 0.1) is 0 Å². The summed E-state index contributed by atoms with van der Waals surface area (Å²) in [4.78, 5) is 11.5. The summed E-state index contributed by atoms with van der Waals surface area (Å²) in [5, 5.41) is 20.4. The Bertz CT molecular complexity index is 1080. The normalized spacial score (nSPS) is 13.6. The molecule has 6 nitrogen and oxygen atoms in total. The first-order chi connectivity index (χ1) is 13.8. The summed E-state index contributed by atoms with van der Waals surface area (Å²) in [7, 11) is -4.18. The number of halogens is 1. The molecule has 150 valence electrons. The zero-order valence-electron chi connectivity index (χ0n) is 15.1. The molecule has 3 rings (SSSR count). The number of carboxylic acids is 1. The zero-order chi connectivity index (χ0) is 21.0. The first-order valence-corrected chi connectivity index (χ1v) is 10.5. The van der Waals surface area contributed by atoms with Crippen LogP contribution in [-0.2, 0) is 14.8 Å². The molecule has 0 saturated heterocycles. The molecular formula is C21H18ClNO5S. The number of hydrogen-bond donors (Lipinski definition) is 3. The van der Waals surface area contributed by atoms with Crippen LogP contribution in [0.1, 0.15) is 11.7 Å². The highest BCUT2D eigenvalue weighted by Gasteiger charge is 2.32. The number of nitrogens with one attached hydrogen (secondary N) is 1. The molecule has 29 heavy (non-hydrogen) atoms. The number of sulfonamides is 1. The van der Waals surface area contributed by atoms with Crippen LogP contribution in [0.4, 0.5) is 0 Å². The van der Waals surface area contributed by atoms with Crippen LogP contribution in [0.15, 0.2) is 83.8 Å². The van der Waals surface area contributed by atoms with Crippen LogP contribution in [0.3, 0.4) is 0 Å². The van der Waals surface area contributed by atoms with Crippen molar-refractivity contribution in [3.05, 3.63) is 89.4 Å². The van der Waals surface area contributed by atoms with E-state index in [9.17, 15) is 23.4 Å². The Morgan fingerprint density at radius 3 is 1.90 bits per heavy atom. The molecule has 3 aromatic rings. The molecule has 0 amide bonds. The zero-order valence-corrected chi connectivity index (χ0v) is 16.6. The van der Waals surface area contributed by atoms with Gasteiger partial charge in [-0.3, -0.25) is 4.79 Å². The fraction of sp³-hybridized carbons (Fsp3) is 0.0952. The Morgan fingerprint density at radius 1 is 0.862 bits per heavy atom. The molecule has 0 saturated carbocycles. The molecule has 0 aliphatic carbocycles. The maximum absolute atomic E-state index is 12.7. The van der Waals surface area contributed by atoms with Crippen LogP contribution >= 0.6 is 11.6 Å². The lowest BCUT2D eigenvalue weighted by atomic mass is 10.0. The number of rotatable bonds is 7. The molecule has 3 N–H and O–H groups in total. The molecule has 8 heteroatoms. The van der Waals surface area contributed by atoms with Crippen molar-refractivity contribution < 1.29 is 23.4 Å². The van der Waals surface area contributed by atoms with E-state index in [1.54, 1.807) is 54.6 Å². The van der Waals surface area contributed by atoms with Gasteiger partial charge in [0.25, 0.3) is 0 Å². The molecule has 0 bridgehead atoms. The minimum atomic E-state index is -4.18. The monoisotopic (exact) mass is 431 g/mol. The van der Waals surface area contributed by atoms with E-state index in [0.29, 0.717) is 10.6 Å². The van der Waals surface area contributed by atoms with Crippen molar-refractivity contribution in [3.63, 3.8) is 0 Å². The first-order valence-electron chi connectivity index (χ1n) is 8.62. The molecule has 0 spiro atoms. The van der Waals surface area contributed by atoms with Gasteiger partial charge in [0, 0.05) is 5.02 Å². The average Bonchev–Trinajstić information content (AvgIpc) is 2.73. The maximum Gasteiger partial charge on any atom is 0.324 e. The van der Waals surface area contributed by atoms with Crippen LogP contribution < -0.4 is 4.72 Å². The van der Waals surface area contributed by atoms with Gasteiger partial charge in [0.1, 0.15) is 12.1 Å². The quantitative estimate of drug-likeness (QED) is 0.531. The number of benzene rings is 3. The second-order valence-corrected chi connectivity index (χ2v) is 8.47. The highest BCUT2D eigenvalue weighted by atomic mass is 35.5. The molecule has 3 aromatic carbocycles. The van der Waals surface area contributed by atoms with Crippen molar-refractivity contribution in [3.8, 4) is 11.1 Å². The lowest BCUT2D eigenvalue weighted by molar-refractivity contribution is -0.141. The highest BCUT2D eigenvalue weighted by molar-refractivity contribution is 7.89. The third kappa shape index (κ3) is 5.02. The molecule has 2 unspecified atom stereocenters. The van der Waals surface area contributed by atoms with Crippen molar-refractivity contribution in [2.75, 3.05) is 0 Å². The Labute approximate surface area is 173 Å². The predicted molar refractivity (Wildman–Crippen MR) is 110 cm³/mol. The van der Waals surface area contributed by atoms with Crippen molar-refractivity contribution in [1.82, 2.24) is 4.72 Å². The van der Waals surface area contributed by atoms with Gasteiger partial charge in [-0.15, -0.1) is 0 Å². The van der Waals surface area contributed by atoms with Crippen molar-refractivity contribution in [2.45, 2.75) is 17.0 Å². The first kappa shape index (κ1) is 21.0. The van der Waals surface area contributed by atoms with E-state index in [4.69, 9.17) is 11.6 Å². The van der Waals surface area contributed by atoms with E-state index < -0.39 is 28.1 Å². The molecule has 0 aliphatic heterocycles. The standard InChI is InChI=1S/C21H18ClNO5S/c22-17-10-6-14(7-11-17)15-8-12-18(13-9-15)29(27,28)23-19(21(25)26)20(24)16-4-2-1-3-5-16/h1-13,19-20,23-24H,(H,25,26). The lowest BCUT2D eigenvalue weighted by Gasteiger charge is -2.21. The Balaban J connectivity index is 1.83. The Morgan fingerprint density at radius 2 is 1.38 bits per heavy atom. The Hall–Kier alpha value is -2.71. The van der Waals surface area contributed by atoms with Crippen molar-refractivity contribution in [1.29, 1.82) is 0 Å². The summed E-state index contributed by atoms with van der Waals surface area (Å²) in [5.74, 6) is -1.48. The predicted octanol–water partition coefficient (Wildman–Crippen LogP) is 3.47. The number of aliphatic hydroxyl groups excluding tert-OH is 1. The molecule has 2 atom stereocenters. The molecule has 0 aliphatic rings. The maximum atomic E-state index is 12.7. The van der Waals surface area contributed by atoms with Crippen molar-refractivity contribution in [2.24, 2.45) is 0 Å². The highest BCUT2D eigenvalue weighted by Crippen LogP contribution is 2.24. The third-order valence-electron chi connectivity index (χ3n) is 4.35. The molecule has 0 heterocycles. The number of aliphatic carboxylic acids is 1. The van der Waals surface area contributed by atoms with E-state index in [2.05, 4.69) is 4.72 Å². The fourth-order valence-corrected chi connectivity index (χ4v) is 4.12. The number of carbonyl (C=O) groups is 1. The number of hydrogen-bond acceptors (Lipinski definition) is 4. The van der Waals surface area contributed by atoms with Gasteiger partial charge in [0.2, 0.25) is 10.0 Å². The van der Waals surface area contributed by atoms with Gasteiger partial charge in [-0.05, 0) is 41.0 Å². The van der Waals surface area contributed by atoms with Gasteiger partial charge >= 0.3 is 5.97 Å². The molecular weight excluding hydrogens is 414 g/mol. The van der Waals surface area contributed by atoms with Gasteiger partial charge in [0.05, 0.1) is 4.90 Å². The van der Waals surface area contributed by atoms with Gasteiger partial charge < -0.3 is 10.2 Å². The van der Waals surface area contributed by atoms with E-state index >= 15 is 0 Å². The molecule has 0 radical (unpaired) electrons. The SMILES string of the molecule is O=C(O)C(NS(=O)(=O)c1ccc(-c2ccc(Cl)cc2)cc1)C(O)c1ccccc1. The number of carboxylic acid groups (broad SMARTS) is 1. The second kappa shape index (κ2) is 8.75. The van der Waals surface area contributed by atoms with E-state index in [1.807, 2.05) is 0 Å². The minimum Gasteiger partial charge on any atom is -0.480 e. The second-order valence-electron chi connectivity index (χ2n) is 6.32.